The van der Waals surface area contributed by atoms with Crippen LogP contribution in [0.25, 0.3) is 0 Å². The first-order chi connectivity index (χ1) is 63.2. The predicted molar refractivity (Wildman–Crippen MR) is 445 cm³/mol. The largest absolute Gasteiger partial charge is 0.388 e. The third kappa shape index (κ3) is 35.0. The monoisotopic (exact) mass is 1850 g/mol. The van der Waals surface area contributed by atoms with Gasteiger partial charge in [-0.15, -0.1) is 15.3 Å². The van der Waals surface area contributed by atoms with Crippen molar-refractivity contribution >= 4 is 29.5 Å². The quantitative estimate of drug-likeness (QED) is 0.0188. The molecule has 0 spiro atoms. The summed E-state index contributed by atoms with van der Waals surface area (Å²) in [6.45, 7) is 11.7. The lowest BCUT2D eigenvalue weighted by atomic mass is 9.88. The maximum atomic E-state index is 14.3. The molecule has 1 aromatic carbocycles. The minimum absolute atomic E-state index is 0.0154. The number of aliphatic hydroxyl groups is 6. The molecule has 10 rings (SSSR count). The molecule has 11 N–H and O–H groups in total. The average Bonchev–Trinajstić information content (AvgIpc) is 1.31. The molecule has 4 aromatic rings. The molecule has 3 aromatic heterocycles. The second-order valence-electron chi connectivity index (χ2n) is 32.5. The van der Waals surface area contributed by atoms with E-state index in [0.29, 0.717) is 161 Å². The van der Waals surface area contributed by atoms with E-state index in [1.807, 2.05) is 30.3 Å². The van der Waals surface area contributed by atoms with Crippen LogP contribution in [-0.4, -0.2) is 412 Å². The highest BCUT2D eigenvalue weighted by molar-refractivity contribution is 5.77. The van der Waals surface area contributed by atoms with Crippen LogP contribution in [0, 0.1) is 0 Å². The van der Waals surface area contributed by atoms with E-state index in [1.165, 1.54) is 20.8 Å². The van der Waals surface area contributed by atoms with Crippen LogP contribution in [0.5, 0.6) is 0 Å². The Morgan fingerprint density at radius 2 is 0.708 bits per heavy atom. The number of carbonyl (C=O) groups is 5. The van der Waals surface area contributed by atoms with Crippen molar-refractivity contribution in [3.8, 4) is 0 Å². The highest BCUT2D eigenvalue weighted by Crippen LogP contribution is 2.40. The molecule has 6 aliphatic rings. The third-order valence-corrected chi connectivity index (χ3v) is 21.7. The Labute approximate surface area is 754 Å². The van der Waals surface area contributed by atoms with Crippen LogP contribution in [0.2, 0.25) is 0 Å². The molecule has 6 bridgehead atoms. The molecule has 0 aliphatic carbocycles. The molecule has 6 saturated heterocycles. The van der Waals surface area contributed by atoms with Gasteiger partial charge in [0.05, 0.1) is 263 Å². The molecule has 734 valence electrons. The summed E-state index contributed by atoms with van der Waals surface area (Å²) in [6, 6.07) is 7.25. The van der Waals surface area contributed by atoms with Crippen LogP contribution >= 0.6 is 0 Å². The number of hydrogen-bond acceptors (Lipinski definition) is 39. The summed E-state index contributed by atoms with van der Waals surface area (Å²) in [5, 5.41) is 104. The first-order valence-electron chi connectivity index (χ1n) is 44.5. The summed E-state index contributed by atoms with van der Waals surface area (Å²) in [7, 11) is 0. The van der Waals surface area contributed by atoms with E-state index in [1.54, 1.807) is 32.6 Å². The number of aliphatic hydroxyl groups excluding tert-OH is 6. The summed E-state index contributed by atoms with van der Waals surface area (Å²) in [5.41, 5.74) is -2.54. The van der Waals surface area contributed by atoms with Crippen LogP contribution < -0.4 is 26.6 Å². The minimum Gasteiger partial charge on any atom is -0.388 e. The Kier molecular flexibility index (Phi) is 45.9. The molecular weight excluding hydrogens is 1720 g/mol. The van der Waals surface area contributed by atoms with Crippen molar-refractivity contribution in [3.05, 3.63) is 71.6 Å². The number of nitrogens with one attached hydrogen (secondary N) is 5. The molecule has 9 heterocycles. The zero-order valence-electron chi connectivity index (χ0n) is 74.5. The summed E-state index contributed by atoms with van der Waals surface area (Å²) >= 11 is 0. The van der Waals surface area contributed by atoms with Gasteiger partial charge in [-0.2, -0.15) is 0 Å². The highest BCUT2D eigenvalue weighted by atomic mass is 16.8. The van der Waals surface area contributed by atoms with E-state index in [4.69, 9.17) is 104 Å². The van der Waals surface area contributed by atoms with Gasteiger partial charge in [-0.3, -0.25) is 24.0 Å². The van der Waals surface area contributed by atoms with Crippen molar-refractivity contribution in [2.75, 3.05) is 211 Å². The van der Waals surface area contributed by atoms with Crippen molar-refractivity contribution in [2.24, 2.45) is 0 Å². The fourth-order valence-corrected chi connectivity index (χ4v) is 14.9. The van der Waals surface area contributed by atoms with Gasteiger partial charge in [0.25, 0.3) is 0 Å². The average molecular weight is 1860 g/mol. The Morgan fingerprint density at radius 1 is 0.385 bits per heavy atom. The number of amides is 5. The van der Waals surface area contributed by atoms with Gasteiger partial charge in [0.2, 0.25) is 29.5 Å². The van der Waals surface area contributed by atoms with Crippen molar-refractivity contribution in [3.63, 3.8) is 0 Å². The van der Waals surface area contributed by atoms with Crippen molar-refractivity contribution in [1.29, 1.82) is 0 Å². The smallest absolute Gasteiger partial charge is 0.220 e. The van der Waals surface area contributed by atoms with Crippen LogP contribution in [0.1, 0.15) is 94.8 Å². The van der Waals surface area contributed by atoms with Crippen LogP contribution in [0.3, 0.4) is 0 Å². The maximum Gasteiger partial charge on any atom is 0.220 e. The van der Waals surface area contributed by atoms with Gasteiger partial charge in [-0.05, 0) is 31.2 Å². The van der Waals surface area contributed by atoms with Crippen molar-refractivity contribution < 1.29 is 159 Å². The highest BCUT2D eigenvalue weighted by Gasteiger charge is 2.62. The Morgan fingerprint density at radius 3 is 1.05 bits per heavy atom. The van der Waals surface area contributed by atoms with E-state index < -0.39 is 114 Å². The lowest BCUT2D eigenvalue weighted by Gasteiger charge is -2.42. The first kappa shape index (κ1) is 105. The Hall–Kier alpha value is -7.13. The van der Waals surface area contributed by atoms with Gasteiger partial charge in [0.1, 0.15) is 94.2 Å². The van der Waals surface area contributed by atoms with Gasteiger partial charge < -0.3 is 161 Å². The molecule has 6 aliphatic heterocycles. The molecule has 47 nitrogen and oxygen atoms in total. The molecule has 0 radical (unpaired) electrons. The molecule has 130 heavy (non-hydrogen) atoms. The number of nitrogens with zero attached hydrogens (tertiary/aromatic N) is 9. The Balaban J connectivity index is 0.651. The minimum atomic E-state index is -1.35. The van der Waals surface area contributed by atoms with Gasteiger partial charge >= 0.3 is 0 Å². The van der Waals surface area contributed by atoms with Gasteiger partial charge in [-0.1, -0.05) is 58.8 Å². The normalized spacial score (nSPS) is 25.1. The van der Waals surface area contributed by atoms with Gasteiger partial charge in [0.15, 0.2) is 18.9 Å². The van der Waals surface area contributed by atoms with E-state index in [-0.39, 0.29) is 157 Å². The van der Waals surface area contributed by atoms with Crippen molar-refractivity contribution in [1.82, 2.24) is 71.6 Å². The second-order valence-corrected chi connectivity index (χ2v) is 32.5. The lowest BCUT2D eigenvalue weighted by molar-refractivity contribution is -0.238. The SMILES string of the molecule is CC(=O)N[C@H]1[C@H]2OC[C@@](COCCOCCOCCOCCn3cc(COCC(COCc4cn(CCOCCOCCOCCOC[C@]56CO[C@@H](O5)[C@H](NC(C)=O)[C@@H](O)[C@H]6O)nn4)(COCc4cn(CCOCCOCCOCCOC[C@]56CO[C@@H](O5)[C@H](NC(C)=O)[C@@H](O)[C@H]6O)nn4)NC(=O)CCCCCNC(=O)CCCCCOCc4ccccc4)nn3)(O2)[C@H](O)[C@@H]1O. The van der Waals surface area contributed by atoms with Gasteiger partial charge in [0, 0.05) is 46.8 Å². The zero-order chi connectivity index (χ0) is 92.1. The molecule has 5 amide bonds. The third-order valence-electron chi connectivity index (χ3n) is 21.7. The standard InChI is InChI=1S/C83H134N14O33/c1-59(98)85-68-71(103)74(106)81(56-125-77(68)128-81)53-119-40-37-115-34-31-112-28-25-109-22-18-95-43-63(89-92-95)47-122-50-80(88-67(102)16-9-5-11-17-84-66(101)15-10-6-12-21-118-46-62-13-7-4-8-14-62,51-123-48-64-44-96(93-90-64)19-23-110-26-29-113-32-35-116-38-41-120-54-82-57-126-78(129-82)69(86-60(2)99)72(104)75(82)107)52-124-49-65-45-97(94-91-65)20-24-111-27-30-114-33-36-117-39-42-121-55-83-58-127-79(130-83)70(87-61(3)100)73(105)76(83)108/h4,7-8,13-14,43-45,68-79,103-108H,5-6,9-12,15-42,46-58H2,1-3H3,(H,84,101)(H,85,98)(H,86,99)(H,87,100)(H,88,102)/t68-,69-,70-,71-,72-,73-,74-,75-,76-,77+,78+,79+,81-,82-,83-/m1/s1. The van der Waals surface area contributed by atoms with Crippen molar-refractivity contribution in [2.45, 2.75) is 214 Å². The number of hydrogen-bond donors (Lipinski definition) is 11. The predicted octanol–water partition coefficient (Wildman–Crippen LogP) is -4.03. The topological polar surface area (TPSA) is 562 Å². The molecule has 6 fully saturated rings. The number of ether oxygens (including phenoxy) is 22. The first-order valence-corrected chi connectivity index (χ1v) is 44.5. The summed E-state index contributed by atoms with van der Waals surface area (Å²) in [5.74, 6) is -1.49. The van der Waals surface area contributed by atoms with Crippen LogP contribution in [0.4, 0.5) is 0 Å². The number of aromatic nitrogens is 9. The number of fused-ring (bicyclic) bond motifs is 6. The van der Waals surface area contributed by atoms with E-state index in [2.05, 4.69) is 57.5 Å². The lowest BCUT2D eigenvalue weighted by Crippen LogP contribution is -2.66. The van der Waals surface area contributed by atoms with Gasteiger partial charge in [-0.25, -0.2) is 14.0 Å². The van der Waals surface area contributed by atoms with Crippen LogP contribution in [-0.2, 0) is 174 Å². The molecule has 0 saturated carbocycles. The summed E-state index contributed by atoms with van der Waals surface area (Å²) < 4.78 is 133. The van der Waals surface area contributed by atoms with E-state index in [0.717, 1.165) is 24.8 Å². The number of rotatable bonds is 72. The molecule has 0 unspecified atom stereocenters. The van der Waals surface area contributed by atoms with E-state index in [9.17, 15) is 54.6 Å². The van der Waals surface area contributed by atoms with Crippen LogP contribution in [0.15, 0.2) is 48.9 Å². The second kappa shape index (κ2) is 56.9. The molecule has 15 atom stereocenters. The summed E-state index contributed by atoms with van der Waals surface area (Å²) in [4.78, 5) is 61.8. The van der Waals surface area contributed by atoms with E-state index >= 15 is 0 Å². The maximum absolute atomic E-state index is 14.3. The molecule has 47 heteroatoms. The Bertz CT molecular complexity index is 3560. The number of unbranched alkanes of at least 4 members (excludes halogenated alkanes) is 4. The zero-order valence-corrected chi connectivity index (χ0v) is 74.5. The summed E-state index contributed by atoms with van der Waals surface area (Å²) in [6.07, 6.45) is -0.647. The molecular formula is C83H134N14O33. The number of carbonyl (C=O) groups excluding carboxylic acids is 5. The fraction of sp³-hybridized carbons (Fsp3) is 0.795. The number of benzene rings is 1. The fourth-order valence-electron chi connectivity index (χ4n) is 14.9.